The number of benzene rings is 1. The number of nitrogens with zero attached hydrogens (tertiary/aromatic N) is 1. The van der Waals surface area contributed by atoms with E-state index >= 15 is 0 Å². The standard InChI is InChI=1S/C16H19NO4S/c1-2-9-20-11-12-21-10-5-8-15(18)17-16(19)13-6-3-4-7-14(13)22-17/h2-4,6-7H,1,5,8-12H2. The number of rotatable bonds is 9. The molecule has 1 aromatic heterocycles. The zero-order valence-corrected chi connectivity index (χ0v) is 13.1. The maximum absolute atomic E-state index is 12.1. The number of hydrogen-bond donors (Lipinski definition) is 0. The summed E-state index contributed by atoms with van der Waals surface area (Å²) in [5, 5.41) is 0.594. The molecule has 0 fully saturated rings. The van der Waals surface area contributed by atoms with Gasteiger partial charge in [0.25, 0.3) is 5.56 Å². The van der Waals surface area contributed by atoms with Gasteiger partial charge in [-0.3, -0.25) is 9.59 Å². The van der Waals surface area contributed by atoms with E-state index in [4.69, 9.17) is 9.47 Å². The van der Waals surface area contributed by atoms with E-state index in [1.54, 1.807) is 18.2 Å². The van der Waals surface area contributed by atoms with Crippen LogP contribution in [0.25, 0.3) is 10.1 Å². The summed E-state index contributed by atoms with van der Waals surface area (Å²) in [5.41, 5.74) is -0.232. The van der Waals surface area contributed by atoms with Gasteiger partial charge >= 0.3 is 0 Å². The average Bonchev–Trinajstić information content (AvgIpc) is 2.87. The Labute approximate surface area is 132 Å². The highest BCUT2D eigenvalue weighted by Crippen LogP contribution is 2.16. The molecule has 0 aliphatic carbocycles. The Bertz CT molecular complexity index is 689. The Morgan fingerprint density at radius 3 is 2.77 bits per heavy atom. The summed E-state index contributed by atoms with van der Waals surface area (Å²) >= 11 is 1.19. The predicted octanol–water partition coefficient (Wildman–Crippen LogP) is 2.70. The maximum Gasteiger partial charge on any atom is 0.275 e. The second kappa shape index (κ2) is 8.63. The Morgan fingerprint density at radius 2 is 2.00 bits per heavy atom. The van der Waals surface area contributed by atoms with Gasteiger partial charge in [0.1, 0.15) is 0 Å². The van der Waals surface area contributed by atoms with Crippen LogP contribution in [0, 0.1) is 0 Å². The first-order valence-corrected chi connectivity index (χ1v) is 7.92. The molecule has 118 valence electrons. The van der Waals surface area contributed by atoms with E-state index in [1.165, 1.54) is 15.5 Å². The molecule has 0 atom stereocenters. The van der Waals surface area contributed by atoms with Gasteiger partial charge in [0, 0.05) is 13.0 Å². The first-order valence-electron chi connectivity index (χ1n) is 7.14. The fraction of sp³-hybridized carbons (Fsp3) is 0.375. The monoisotopic (exact) mass is 321 g/mol. The van der Waals surface area contributed by atoms with E-state index in [2.05, 4.69) is 6.58 Å². The number of ether oxygens (including phenoxy) is 2. The number of aromatic nitrogens is 1. The van der Waals surface area contributed by atoms with Crippen LogP contribution in [0.5, 0.6) is 0 Å². The second-order valence-electron chi connectivity index (χ2n) is 4.66. The molecule has 5 nitrogen and oxygen atoms in total. The van der Waals surface area contributed by atoms with Crippen molar-refractivity contribution in [3.05, 3.63) is 47.3 Å². The normalized spacial score (nSPS) is 10.9. The Kier molecular flexibility index (Phi) is 6.51. The number of carbonyl (C=O) groups is 1. The third-order valence-electron chi connectivity index (χ3n) is 3.01. The van der Waals surface area contributed by atoms with Crippen LogP contribution >= 0.6 is 11.5 Å². The molecule has 6 heteroatoms. The predicted molar refractivity (Wildman–Crippen MR) is 87.8 cm³/mol. The Hall–Kier alpha value is -1.76. The van der Waals surface area contributed by atoms with Crippen molar-refractivity contribution < 1.29 is 14.3 Å². The van der Waals surface area contributed by atoms with Gasteiger partial charge in [-0.2, -0.15) is 3.96 Å². The molecule has 0 aliphatic rings. The minimum Gasteiger partial charge on any atom is -0.379 e. The summed E-state index contributed by atoms with van der Waals surface area (Å²) in [6.07, 6.45) is 2.56. The molecular formula is C16H19NO4S. The zero-order chi connectivity index (χ0) is 15.8. The minimum absolute atomic E-state index is 0.183. The summed E-state index contributed by atoms with van der Waals surface area (Å²) in [5.74, 6) is -0.183. The van der Waals surface area contributed by atoms with Crippen LogP contribution in [0.4, 0.5) is 0 Å². The quantitative estimate of drug-likeness (QED) is 0.526. The highest BCUT2D eigenvalue weighted by molar-refractivity contribution is 7.14. The maximum atomic E-state index is 12.1. The molecule has 0 saturated carbocycles. The fourth-order valence-electron chi connectivity index (χ4n) is 1.95. The van der Waals surface area contributed by atoms with Crippen molar-refractivity contribution in [2.75, 3.05) is 26.4 Å². The number of hydrogen-bond acceptors (Lipinski definition) is 5. The SMILES string of the molecule is C=CCOCCOCCCC(=O)n1sc2ccccc2c1=O. The molecule has 1 aromatic carbocycles. The molecular weight excluding hydrogens is 302 g/mol. The highest BCUT2D eigenvalue weighted by atomic mass is 32.1. The van der Waals surface area contributed by atoms with Crippen molar-refractivity contribution in [2.24, 2.45) is 0 Å². The van der Waals surface area contributed by atoms with Crippen molar-refractivity contribution >= 4 is 27.5 Å². The van der Waals surface area contributed by atoms with Gasteiger partial charge in [-0.1, -0.05) is 18.2 Å². The van der Waals surface area contributed by atoms with Gasteiger partial charge in [-0.15, -0.1) is 6.58 Å². The topological polar surface area (TPSA) is 57.5 Å². The van der Waals surface area contributed by atoms with Gasteiger partial charge in [0.15, 0.2) is 0 Å². The second-order valence-corrected chi connectivity index (χ2v) is 5.65. The lowest BCUT2D eigenvalue weighted by Gasteiger charge is -2.04. The van der Waals surface area contributed by atoms with Gasteiger partial charge in [0.05, 0.1) is 29.9 Å². The van der Waals surface area contributed by atoms with Crippen molar-refractivity contribution in [2.45, 2.75) is 12.8 Å². The molecule has 0 N–H and O–H groups in total. The lowest BCUT2D eigenvalue weighted by Crippen LogP contribution is -2.21. The van der Waals surface area contributed by atoms with Crippen LogP contribution in [0.3, 0.4) is 0 Å². The third kappa shape index (κ3) is 4.37. The number of carbonyl (C=O) groups excluding carboxylic acids is 1. The Balaban J connectivity index is 1.76. The smallest absolute Gasteiger partial charge is 0.275 e. The Morgan fingerprint density at radius 1 is 1.23 bits per heavy atom. The van der Waals surface area contributed by atoms with Crippen LogP contribution in [-0.4, -0.2) is 36.3 Å². The van der Waals surface area contributed by atoms with Crippen molar-refractivity contribution in [1.29, 1.82) is 0 Å². The van der Waals surface area contributed by atoms with E-state index in [-0.39, 0.29) is 11.5 Å². The summed E-state index contributed by atoms with van der Waals surface area (Å²) < 4.78 is 12.6. The molecule has 0 amide bonds. The van der Waals surface area contributed by atoms with Gasteiger partial charge < -0.3 is 9.47 Å². The number of fused-ring (bicyclic) bond motifs is 1. The van der Waals surface area contributed by atoms with E-state index in [0.29, 0.717) is 44.7 Å². The molecule has 0 saturated heterocycles. The van der Waals surface area contributed by atoms with Gasteiger partial charge in [0.2, 0.25) is 5.91 Å². The summed E-state index contributed by atoms with van der Waals surface area (Å²) in [4.78, 5) is 24.2. The molecule has 0 aliphatic heterocycles. The van der Waals surface area contributed by atoms with E-state index in [9.17, 15) is 9.59 Å². The first-order chi connectivity index (χ1) is 10.7. The summed E-state index contributed by atoms with van der Waals surface area (Å²) in [6, 6.07) is 7.24. The fourth-order valence-corrected chi connectivity index (χ4v) is 2.91. The van der Waals surface area contributed by atoms with Crippen LogP contribution in [0.2, 0.25) is 0 Å². The summed E-state index contributed by atoms with van der Waals surface area (Å²) in [6.45, 7) is 5.53. The highest BCUT2D eigenvalue weighted by Gasteiger charge is 2.12. The van der Waals surface area contributed by atoms with Crippen molar-refractivity contribution in [3.63, 3.8) is 0 Å². The molecule has 0 unspecified atom stereocenters. The largest absolute Gasteiger partial charge is 0.379 e. The third-order valence-corrected chi connectivity index (χ3v) is 4.11. The first kappa shape index (κ1) is 16.6. The van der Waals surface area contributed by atoms with Gasteiger partial charge in [-0.05, 0) is 30.1 Å². The van der Waals surface area contributed by atoms with Crippen LogP contribution in [0.15, 0.2) is 41.7 Å². The molecule has 2 rings (SSSR count). The molecule has 22 heavy (non-hydrogen) atoms. The average molecular weight is 321 g/mol. The van der Waals surface area contributed by atoms with Crippen LogP contribution in [-0.2, 0) is 9.47 Å². The van der Waals surface area contributed by atoms with E-state index in [0.717, 1.165) is 4.70 Å². The van der Waals surface area contributed by atoms with Crippen molar-refractivity contribution in [1.82, 2.24) is 3.96 Å². The molecule has 0 spiro atoms. The summed E-state index contributed by atoms with van der Waals surface area (Å²) in [7, 11) is 0. The lowest BCUT2D eigenvalue weighted by atomic mass is 10.3. The van der Waals surface area contributed by atoms with E-state index in [1.807, 2.05) is 12.1 Å². The van der Waals surface area contributed by atoms with E-state index < -0.39 is 0 Å². The molecule has 2 aromatic rings. The van der Waals surface area contributed by atoms with Crippen LogP contribution < -0.4 is 5.56 Å². The van der Waals surface area contributed by atoms with Crippen LogP contribution in [0.1, 0.15) is 17.6 Å². The minimum atomic E-state index is -0.232. The lowest BCUT2D eigenvalue weighted by molar-refractivity contribution is 0.0554. The molecule has 0 bridgehead atoms. The zero-order valence-electron chi connectivity index (χ0n) is 12.3. The molecule has 1 heterocycles. The van der Waals surface area contributed by atoms with Crippen molar-refractivity contribution in [3.8, 4) is 0 Å². The van der Waals surface area contributed by atoms with Gasteiger partial charge in [-0.25, -0.2) is 0 Å². The molecule has 0 radical (unpaired) electrons.